The number of fused-ring (bicyclic) bond motifs is 1. The topological polar surface area (TPSA) is 148 Å². The Labute approximate surface area is 241 Å². The quantitative estimate of drug-likeness (QED) is 0.206. The van der Waals surface area contributed by atoms with Gasteiger partial charge < -0.3 is 15.4 Å². The zero-order valence-corrected chi connectivity index (χ0v) is 24.0. The number of thiazole rings is 1. The summed E-state index contributed by atoms with van der Waals surface area (Å²) in [5, 5.41) is 18.4. The Kier molecular flexibility index (Phi) is 7.36. The zero-order chi connectivity index (χ0) is 28.5. The predicted octanol–water partition coefficient (Wildman–Crippen LogP) is 5.59. The number of thiol groups is 1. The molecule has 11 nitrogen and oxygen atoms in total. The lowest BCUT2D eigenvalue weighted by molar-refractivity contribution is -0.0308. The molecule has 2 N–H and O–H groups in total. The second-order valence-electron chi connectivity index (χ2n) is 9.63. The number of hydrogen-bond acceptors (Lipinski definition) is 11. The van der Waals surface area contributed by atoms with Gasteiger partial charge in [-0.2, -0.15) is 5.26 Å². The standard InChI is InChI=1S/C28H26N8O3S2/c1-16-15-40-28(30-16)18-9-10-20(22(12-18)41(37)38)33-21-13-24(34-23-7-5-6-19(14-29)32-23)35-27-26(21)31-17(2)36(27)25-8-3-4-11-39-25/h5-7,9-10,12-13,15,25,41H,3-4,8,11H2,1-2H3,(H2,32,33,34,35). The van der Waals surface area contributed by atoms with Crippen LogP contribution in [0.25, 0.3) is 21.7 Å². The Morgan fingerprint density at radius 1 is 1.02 bits per heavy atom. The normalized spacial score (nSPS) is 15.2. The molecule has 0 spiro atoms. The van der Waals surface area contributed by atoms with Gasteiger partial charge in [0.15, 0.2) is 16.4 Å². The first-order valence-electron chi connectivity index (χ1n) is 13.0. The fourth-order valence-corrected chi connectivity index (χ4v) is 6.22. The van der Waals surface area contributed by atoms with E-state index < -0.39 is 10.7 Å². The van der Waals surface area contributed by atoms with Crippen LogP contribution in [-0.4, -0.2) is 39.5 Å². The summed E-state index contributed by atoms with van der Waals surface area (Å²) in [6, 6.07) is 14.1. The third-order valence-electron chi connectivity index (χ3n) is 6.72. The van der Waals surface area contributed by atoms with Gasteiger partial charge in [0.05, 0.1) is 16.3 Å². The molecule has 13 heteroatoms. The monoisotopic (exact) mass is 586 g/mol. The Balaban J connectivity index is 1.46. The van der Waals surface area contributed by atoms with Crippen molar-refractivity contribution < 1.29 is 13.2 Å². The van der Waals surface area contributed by atoms with Crippen molar-refractivity contribution in [3.8, 4) is 16.6 Å². The van der Waals surface area contributed by atoms with Crippen molar-refractivity contribution >= 4 is 56.2 Å². The minimum atomic E-state index is -2.92. The number of nitriles is 1. The number of pyridine rings is 2. The van der Waals surface area contributed by atoms with Crippen molar-refractivity contribution in [3.05, 3.63) is 65.1 Å². The summed E-state index contributed by atoms with van der Waals surface area (Å²) in [6.45, 7) is 4.46. The fraction of sp³-hybridized carbons (Fsp3) is 0.250. The number of hydrogen-bond donors (Lipinski definition) is 3. The fourth-order valence-electron chi connectivity index (χ4n) is 4.85. The van der Waals surface area contributed by atoms with Crippen LogP contribution in [0.4, 0.5) is 23.0 Å². The highest BCUT2D eigenvalue weighted by Gasteiger charge is 2.24. The number of aryl methyl sites for hydroxylation is 2. The third-order valence-corrected chi connectivity index (χ3v) is 8.49. The molecule has 1 atom stereocenters. The summed E-state index contributed by atoms with van der Waals surface area (Å²) < 4.78 is 32.8. The molecule has 5 aromatic rings. The molecule has 0 bridgehead atoms. The van der Waals surface area contributed by atoms with Crippen LogP contribution < -0.4 is 10.6 Å². The van der Waals surface area contributed by atoms with Crippen LogP contribution in [0.15, 0.2) is 52.7 Å². The van der Waals surface area contributed by atoms with Gasteiger partial charge in [-0.3, -0.25) is 4.57 Å². The largest absolute Gasteiger partial charge is 0.358 e. The molecule has 1 aliphatic heterocycles. The van der Waals surface area contributed by atoms with Crippen molar-refractivity contribution in [1.82, 2.24) is 24.5 Å². The first-order valence-corrected chi connectivity index (χ1v) is 15.1. The van der Waals surface area contributed by atoms with Crippen LogP contribution in [0, 0.1) is 25.2 Å². The van der Waals surface area contributed by atoms with Gasteiger partial charge in [0.2, 0.25) is 0 Å². The van der Waals surface area contributed by atoms with E-state index in [9.17, 15) is 13.7 Å². The van der Waals surface area contributed by atoms with E-state index in [0.29, 0.717) is 40.8 Å². The van der Waals surface area contributed by atoms with Crippen molar-refractivity contribution in [3.63, 3.8) is 0 Å². The average Bonchev–Trinajstić information content (AvgIpc) is 3.56. The van der Waals surface area contributed by atoms with E-state index in [0.717, 1.165) is 41.4 Å². The minimum Gasteiger partial charge on any atom is -0.358 e. The van der Waals surface area contributed by atoms with E-state index >= 15 is 0 Å². The molecule has 1 fully saturated rings. The number of nitrogens with one attached hydrogen (secondary N) is 2. The smallest absolute Gasteiger partial charge is 0.170 e. The zero-order valence-electron chi connectivity index (χ0n) is 22.3. The maximum atomic E-state index is 12.4. The number of anilines is 4. The average molecular weight is 587 g/mol. The van der Waals surface area contributed by atoms with Crippen LogP contribution in [-0.2, 0) is 15.4 Å². The van der Waals surface area contributed by atoms with Crippen molar-refractivity contribution in [2.75, 3.05) is 17.2 Å². The first-order chi connectivity index (χ1) is 19.9. The van der Waals surface area contributed by atoms with Crippen molar-refractivity contribution in [1.29, 1.82) is 5.26 Å². The molecule has 6 rings (SSSR count). The molecule has 208 valence electrons. The van der Waals surface area contributed by atoms with Crippen molar-refractivity contribution in [2.24, 2.45) is 0 Å². The van der Waals surface area contributed by atoms with E-state index in [-0.39, 0.29) is 16.8 Å². The first kappa shape index (κ1) is 26.8. The maximum absolute atomic E-state index is 12.4. The van der Waals surface area contributed by atoms with Gasteiger partial charge in [-0.25, -0.2) is 28.4 Å². The van der Waals surface area contributed by atoms with Crippen LogP contribution in [0.5, 0.6) is 0 Å². The predicted molar refractivity (Wildman–Crippen MR) is 157 cm³/mol. The summed E-state index contributed by atoms with van der Waals surface area (Å²) in [6.07, 6.45) is 2.65. The number of benzene rings is 1. The summed E-state index contributed by atoms with van der Waals surface area (Å²) in [5.74, 6) is 1.63. The second kappa shape index (κ2) is 11.2. The molecule has 0 amide bonds. The van der Waals surface area contributed by atoms with Gasteiger partial charge in [0, 0.05) is 29.3 Å². The lowest BCUT2D eigenvalue weighted by atomic mass is 10.2. The molecule has 4 aromatic heterocycles. The maximum Gasteiger partial charge on any atom is 0.170 e. The summed E-state index contributed by atoms with van der Waals surface area (Å²) in [5.41, 5.74) is 3.99. The second-order valence-corrected chi connectivity index (χ2v) is 11.5. The Bertz CT molecular complexity index is 1880. The van der Waals surface area contributed by atoms with Gasteiger partial charge in [0.25, 0.3) is 0 Å². The highest BCUT2D eigenvalue weighted by molar-refractivity contribution is 7.72. The summed E-state index contributed by atoms with van der Waals surface area (Å²) in [7, 11) is -2.92. The highest BCUT2D eigenvalue weighted by atomic mass is 32.2. The van der Waals surface area contributed by atoms with E-state index in [1.165, 1.54) is 11.3 Å². The summed E-state index contributed by atoms with van der Waals surface area (Å²) >= 11 is 1.46. The SMILES string of the molecule is Cc1csc(-c2ccc(Nc3cc(Nc4cccc(C#N)n4)nc4c3nc(C)n4C3CCCCO3)c([SH](=O)=O)c2)n1. The lowest BCUT2D eigenvalue weighted by Gasteiger charge is -2.25. The molecule has 0 aliphatic carbocycles. The molecule has 1 aliphatic rings. The number of aromatic nitrogens is 5. The molecule has 1 aromatic carbocycles. The number of imidazole rings is 1. The minimum absolute atomic E-state index is 0.139. The van der Waals surface area contributed by atoms with Gasteiger partial charge in [-0.15, -0.1) is 11.3 Å². The van der Waals surface area contributed by atoms with Crippen molar-refractivity contribution in [2.45, 2.75) is 44.2 Å². The molecule has 1 unspecified atom stereocenters. The van der Waals surface area contributed by atoms with Crippen LogP contribution in [0.2, 0.25) is 0 Å². The molecule has 5 heterocycles. The van der Waals surface area contributed by atoms with Crippen LogP contribution in [0.1, 0.15) is 42.7 Å². The van der Waals surface area contributed by atoms with Gasteiger partial charge in [0.1, 0.15) is 46.0 Å². The molecular formula is C28H26N8O3S2. The molecule has 0 saturated carbocycles. The molecule has 41 heavy (non-hydrogen) atoms. The molecule has 1 saturated heterocycles. The molecular weight excluding hydrogens is 560 g/mol. The van der Waals surface area contributed by atoms with Crippen LogP contribution in [0.3, 0.4) is 0 Å². The number of ether oxygens (including phenoxy) is 1. The highest BCUT2D eigenvalue weighted by Crippen LogP contribution is 2.36. The lowest BCUT2D eigenvalue weighted by Crippen LogP contribution is -2.19. The molecule has 0 radical (unpaired) electrons. The Morgan fingerprint density at radius 2 is 1.90 bits per heavy atom. The van der Waals surface area contributed by atoms with E-state index in [1.54, 1.807) is 36.4 Å². The number of nitrogens with zero attached hydrogens (tertiary/aromatic N) is 6. The van der Waals surface area contributed by atoms with Crippen LogP contribution >= 0.6 is 11.3 Å². The summed E-state index contributed by atoms with van der Waals surface area (Å²) in [4.78, 5) is 18.6. The van der Waals surface area contributed by atoms with E-state index in [1.807, 2.05) is 35.9 Å². The van der Waals surface area contributed by atoms with Gasteiger partial charge in [-0.1, -0.05) is 6.07 Å². The van der Waals surface area contributed by atoms with E-state index in [2.05, 4.69) is 20.6 Å². The Morgan fingerprint density at radius 3 is 2.63 bits per heavy atom. The Hall–Kier alpha value is -4.38. The third kappa shape index (κ3) is 5.49. The van der Waals surface area contributed by atoms with Gasteiger partial charge >= 0.3 is 0 Å². The number of rotatable bonds is 7. The van der Waals surface area contributed by atoms with Gasteiger partial charge in [-0.05, 0) is 63.4 Å². The van der Waals surface area contributed by atoms with E-state index in [4.69, 9.17) is 14.7 Å².